The lowest BCUT2D eigenvalue weighted by Gasteiger charge is -2.13. The molecule has 0 saturated heterocycles. The molecule has 0 saturated carbocycles. The highest BCUT2D eigenvalue weighted by atomic mass is 16.5. The normalized spacial score (nSPS) is 10.9. The maximum Gasteiger partial charge on any atom is 0.230 e. The largest absolute Gasteiger partial charge is 0.480 e. The third-order valence-electron chi connectivity index (χ3n) is 4.22. The van der Waals surface area contributed by atoms with Crippen molar-refractivity contribution in [3.8, 4) is 28.6 Å². The number of benzene rings is 1. The molecule has 0 aliphatic heterocycles. The van der Waals surface area contributed by atoms with E-state index >= 15 is 0 Å². The number of ether oxygens (including phenoxy) is 2. The molecule has 6 heteroatoms. The van der Waals surface area contributed by atoms with Crippen LogP contribution in [0.4, 0.5) is 0 Å². The molecule has 0 unspecified atom stereocenters. The number of rotatable bonds is 4. The lowest BCUT2D eigenvalue weighted by atomic mass is 10.00. The molecule has 0 aliphatic rings. The molecule has 4 rings (SSSR count). The average Bonchev–Trinajstić information content (AvgIpc) is 3.12. The maximum absolute atomic E-state index is 5.97. The molecule has 0 bridgehead atoms. The van der Waals surface area contributed by atoms with Gasteiger partial charge in [-0.3, -0.25) is 0 Å². The molecule has 0 amide bonds. The van der Waals surface area contributed by atoms with Crippen molar-refractivity contribution >= 4 is 11.0 Å². The first-order valence-electron chi connectivity index (χ1n) is 8.14. The monoisotopic (exact) mass is 347 g/mol. The van der Waals surface area contributed by atoms with Gasteiger partial charge in [0.2, 0.25) is 11.8 Å². The topological polar surface area (TPSA) is 70.3 Å². The highest BCUT2D eigenvalue weighted by Gasteiger charge is 2.15. The molecule has 26 heavy (non-hydrogen) atoms. The SMILES string of the molecule is COc1ncnc(C)c1-c1ccc(Oc2nccc3occc23)cc1C. The number of hydrogen-bond acceptors (Lipinski definition) is 6. The van der Waals surface area contributed by atoms with Gasteiger partial charge >= 0.3 is 0 Å². The Morgan fingerprint density at radius 1 is 0.962 bits per heavy atom. The number of aryl methyl sites for hydroxylation is 2. The summed E-state index contributed by atoms with van der Waals surface area (Å²) in [6, 6.07) is 9.49. The average molecular weight is 347 g/mol. The third kappa shape index (κ3) is 2.75. The van der Waals surface area contributed by atoms with Crippen molar-refractivity contribution in [2.45, 2.75) is 13.8 Å². The molecule has 0 fully saturated rings. The molecule has 0 N–H and O–H groups in total. The van der Waals surface area contributed by atoms with Crippen molar-refractivity contribution in [2.24, 2.45) is 0 Å². The van der Waals surface area contributed by atoms with Crippen molar-refractivity contribution in [3.63, 3.8) is 0 Å². The molecule has 4 aromatic rings. The summed E-state index contributed by atoms with van der Waals surface area (Å²) in [4.78, 5) is 12.8. The van der Waals surface area contributed by atoms with Crippen LogP contribution in [0.1, 0.15) is 11.3 Å². The van der Waals surface area contributed by atoms with Gasteiger partial charge in [0.25, 0.3) is 0 Å². The Morgan fingerprint density at radius 2 is 1.85 bits per heavy atom. The summed E-state index contributed by atoms with van der Waals surface area (Å²) < 4.78 is 16.8. The fourth-order valence-corrected chi connectivity index (χ4v) is 2.96. The summed E-state index contributed by atoms with van der Waals surface area (Å²) in [5.74, 6) is 1.76. The van der Waals surface area contributed by atoms with E-state index in [1.807, 2.05) is 38.1 Å². The summed E-state index contributed by atoms with van der Waals surface area (Å²) in [5, 5.41) is 0.836. The van der Waals surface area contributed by atoms with E-state index in [1.54, 1.807) is 25.6 Å². The van der Waals surface area contributed by atoms with E-state index in [0.29, 0.717) is 17.5 Å². The van der Waals surface area contributed by atoms with Gasteiger partial charge in [-0.1, -0.05) is 6.07 Å². The van der Waals surface area contributed by atoms with Crippen molar-refractivity contribution in [1.82, 2.24) is 15.0 Å². The van der Waals surface area contributed by atoms with E-state index < -0.39 is 0 Å². The van der Waals surface area contributed by atoms with Crippen LogP contribution < -0.4 is 9.47 Å². The molecule has 130 valence electrons. The van der Waals surface area contributed by atoms with Crippen LogP contribution in [-0.2, 0) is 0 Å². The summed E-state index contributed by atoms with van der Waals surface area (Å²) >= 11 is 0. The quantitative estimate of drug-likeness (QED) is 0.533. The second kappa shape index (κ2) is 6.48. The Balaban J connectivity index is 1.72. The molecule has 0 spiro atoms. The van der Waals surface area contributed by atoms with E-state index in [-0.39, 0.29) is 0 Å². The van der Waals surface area contributed by atoms with Gasteiger partial charge in [-0.25, -0.2) is 15.0 Å². The number of furan rings is 1. The van der Waals surface area contributed by atoms with Gasteiger partial charge in [0.05, 0.1) is 30.0 Å². The molecule has 0 atom stereocenters. The predicted octanol–water partition coefficient (Wildman–Crippen LogP) is 4.70. The summed E-state index contributed by atoms with van der Waals surface area (Å²) in [6.07, 6.45) is 4.79. The zero-order valence-electron chi connectivity index (χ0n) is 14.7. The van der Waals surface area contributed by atoms with E-state index in [2.05, 4.69) is 15.0 Å². The summed E-state index contributed by atoms with van der Waals surface area (Å²) in [7, 11) is 1.61. The van der Waals surface area contributed by atoms with Crippen LogP contribution in [-0.4, -0.2) is 22.1 Å². The number of hydrogen-bond donors (Lipinski definition) is 0. The van der Waals surface area contributed by atoms with E-state index in [4.69, 9.17) is 13.9 Å². The van der Waals surface area contributed by atoms with Gasteiger partial charge < -0.3 is 13.9 Å². The molecule has 3 aromatic heterocycles. The van der Waals surface area contributed by atoms with Crippen LogP contribution in [0.25, 0.3) is 22.1 Å². The minimum absolute atomic E-state index is 0.514. The van der Waals surface area contributed by atoms with Crippen LogP contribution in [0.2, 0.25) is 0 Å². The minimum atomic E-state index is 0.514. The highest BCUT2D eigenvalue weighted by molar-refractivity contribution is 5.82. The van der Waals surface area contributed by atoms with Crippen molar-refractivity contribution in [1.29, 1.82) is 0 Å². The Kier molecular flexibility index (Phi) is 4.01. The summed E-state index contributed by atoms with van der Waals surface area (Å²) in [5.41, 5.74) is 4.51. The number of fused-ring (bicyclic) bond motifs is 1. The second-order valence-corrected chi connectivity index (χ2v) is 5.87. The van der Waals surface area contributed by atoms with Crippen LogP contribution >= 0.6 is 0 Å². The van der Waals surface area contributed by atoms with E-state index in [0.717, 1.165) is 33.4 Å². The van der Waals surface area contributed by atoms with Crippen LogP contribution in [0.3, 0.4) is 0 Å². The first-order valence-corrected chi connectivity index (χ1v) is 8.14. The lowest BCUT2D eigenvalue weighted by Crippen LogP contribution is -1.98. The maximum atomic E-state index is 5.97. The van der Waals surface area contributed by atoms with Crippen molar-refractivity contribution < 1.29 is 13.9 Å². The predicted molar refractivity (Wildman–Crippen MR) is 97.6 cm³/mol. The fourth-order valence-electron chi connectivity index (χ4n) is 2.96. The number of methoxy groups -OCH3 is 1. The number of aromatic nitrogens is 3. The molecule has 0 aliphatic carbocycles. The molecular weight excluding hydrogens is 330 g/mol. The molecular formula is C20H17N3O3. The van der Waals surface area contributed by atoms with Crippen LogP contribution in [0.15, 0.2) is 53.5 Å². The number of nitrogens with zero attached hydrogens (tertiary/aromatic N) is 3. The van der Waals surface area contributed by atoms with Gasteiger partial charge in [-0.15, -0.1) is 0 Å². The second-order valence-electron chi connectivity index (χ2n) is 5.87. The Bertz CT molecular complexity index is 1090. The highest BCUT2D eigenvalue weighted by Crippen LogP contribution is 2.35. The lowest BCUT2D eigenvalue weighted by molar-refractivity contribution is 0.398. The van der Waals surface area contributed by atoms with Crippen LogP contribution in [0, 0.1) is 13.8 Å². The van der Waals surface area contributed by atoms with E-state index in [1.165, 1.54) is 6.33 Å². The van der Waals surface area contributed by atoms with Crippen molar-refractivity contribution in [3.05, 3.63) is 60.4 Å². The van der Waals surface area contributed by atoms with Gasteiger partial charge in [0.15, 0.2) is 0 Å². The van der Waals surface area contributed by atoms with Crippen LogP contribution in [0.5, 0.6) is 17.5 Å². The Hall–Kier alpha value is -3.41. The smallest absolute Gasteiger partial charge is 0.230 e. The molecule has 1 aromatic carbocycles. The summed E-state index contributed by atoms with van der Waals surface area (Å²) in [6.45, 7) is 3.95. The van der Waals surface area contributed by atoms with Crippen molar-refractivity contribution in [2.75, 3.05) is 7.11 Å². The molecule has 0 radical (unpaired) electrons. The third-order valence-corrected chi connectivity index (χ3v) is 4.22. The van der Waals surface area contributed by atoms with Gasteiger partial charge in [-0.2, -0.15) is 0 Å². The van der Waals surface area contributed by atoms with E-state index in [9.17, 15) is 0 Å². The number of pyridine rings is 1. The fraction of sp³-hybridized carbons (Fsp3) is 0.150. The minimum Gasteiger partial charge on any atom is -0.480 e. The first-order chi connectivity index (χ1) is 12.7. The zero-order chi connectivity index (χ0) is 18.1. The Labute approximate surface area is 150 Å². The molecule has 3 heterocycles. The Morgan fingerprint density at radius 3 is 2.65 bits per heavy atom. The van der Waals surface area contributed by atoms with Gasteiger partial charge in [-0.05, 0) is 49.2 Å². The zero-order valence-corrected chi connectivity index (χ0v) is 14.7. The van der Waals surface area contributed by atoms with Gasteiger partial charge in [0.1, 0.15) is 17.7 Å². The molecule has 6 nitrogen and oxygen atoms in total. The standard InChI is InChI=1S/C20H17N3O3/c1-12-10-14(26-19-16-7-9-25-17(16)6-8-21-19)4-5-15(12)18-13(2)22-11-23-20(18)24-3/h4-11H,1-3H3. The van der Waals surface area contributed by atoms with Gasteiger partial charge in [0, 0.05) is 6.20 Å². The first kappa shape index (κ1) is 16.1.